The van der Waals surface area contributed by atoms with Crippen LogP contribution < -0.4 is 5.73 Å². The Balaban J connectivity index is 2.66. The normalized spacial score (nSPS) is 19.7. The summed E-state index contributed by atoms with van der Waals surface area (Å²) in [6, 6.07) is -0.0619. The Kier molecular flexibility index (Phi) is 1.47. The first-order chi connectivity index (χ1) is 5.68. The molecule has 1 atom stereocenters. The molecule has 0 unspecified atom stereocenters. The Hall–Kier alpha value is -1.23. The second-order valence-electron chi connectivity index (χ2n) is 2.50. The molecule has 0 radical (unpaired) electrons. The minimum Gasteiger partial charge on any atom is -0.368 e. The lowest BCUT2D eigenvalue weighted by Crippen LogP contribution is -1.98. The lowest BCUT2D eigenvalue weighted by Gasteiger charge is -2.02. The van der Waals surface area contributed by atoms with Gasteiger partial charge in [0, 0.05) is 0 Å². The lowest BCUT2D eigenvalue weighted by molar-refractivity contribution is 0.808. The highest BCUT2D eigenvalue weighted by molar-refractivity contribution is 6.30. The van der Waals surface area contributed by atoms with Crippen LogP contribution in [-0.2, 0) is 0 Å². The third-order valence-corrected chi connectivity index (χ3v) is 1.93. The molecule has 0 saturated heterocycles. The molecular formula is C6H6ClN5. The second-order valence-corrected chi connectivity index (χ2v) is 2.86. The smallest absolute Gasteiger partial charge is 0.223 e. The zero-order valence-electron chi connectivity index (χ0n) is 6.32. The number of fused-ring (bicyclic) bond motifs is 1. The van der Waals surface area contributed by atoms with Crippen LogP contribution in [0.15, 0.2) is 10.2 Å². The zero-order valence-corrected chi connectivity index (χ0v) is 7.08. The summed E-state index contributed by atoms with van der Waals surface area (Å²) in [4.78, 5) is 7.69. The Bertz CT molecular complexity index is 361. The van der Waals surface area contributed by atoms with Crippen LogP contribution in [-0.4, -0.2) is 9.97 Å². The number of hydrogen-bond donors (Lipinski definition) is 1. The molecule has 0 aliphatic carbocycles. The van der Waals surface area contributed by atoms with E-state index >= 15 is 0 Å². The molecule has 0 aromatic carbocycles. The molecule has 0 saturated carbocycles. The number of nitrogens with two attached hydrogens (primary N) is 1. The van der Waals surface area contributed by atoms with Crippen LogP contribution in [0.1, 0.15) is 18.5 Å². The van der Waals surface area contributed by atoms with E-state index in [1.807, 2.05) is 6.92 Å². The van der Waals surface area contributed by atoms with E-state index in [-0.39, 0.29) is 12.0 Å². The van der Waals surface area contributed by atoms with E-state index in [1.165, 1.54) is 0 Å². The summed E-state index contributed by atoms with van der Waals surface area (Å²) in [5.41, 5.74) is 6.12. The van der Waals surface area contributed by atoms with Crippen LogP contribution in [0, 0.1) is 0 Å². The summed E-state index contributed by atoms with van der Waals surface area (Å²) in [5, 5.41) is 8.04. The van der Waals surface area contributed by atoms with Crippen molar-refractivity contribution in [2.75, 3.05) is 5.73 Å². The van der Waals surface area contributed by atoms with Crippen LogP contribution >= 0.6 is 11.6 Å². The predicted molar refractivity (Wildman–Crippen MR) is 44.4 cm³/mol. The average molecular weight is 184 g/mol. The standard InChI is InChI=1S/C6H6ClN5/c1-2-3-4(7)9-6(8)10-5(3)12-11-2/h2H,1H3,(H2,8,9,10)/t2-/m0/s1. The molecule has 0 amide bonds. The molecule has 2 rings (SSSR count). The second kappa shape index (κ2) is 2.38. The van der Waals surface area contributed by atoms with Crippen molar-refractivity contribution in [1.82, 2.24) is 9.97 Å². The number of aromatic nitrogens is 2. The molecule has 0 bridgehead atoms. The van der Waals surface area contributed by atoms with Gasteiger partial charge in [0.2, 0.25) is 5.95 Å². The summed E-state index contributed by atoms with van der Waals surface area (Å²) in [6.07, 6.45) is 0. The van der Waals surface area contributed by atoms with Crippen molar-refractivity contribution in [1.29, 1.82) is 0 Å². The predicted octanol–water partition coefficient (Wildman–Crippen LogP) is 1.87. The minimum absolute atomic E-state index is 0.0619. The van der Waals surface area contributed by atoms with Crippen LogP contribution in [0.5, 0.6) is 0 Å². The van der Waals surface area contributed by atoms with Gasteiger partial charge in [0.05, 0.1) is 5.56 Å². The SMILES string of the molecule is C[C@@H]1N=Nc2nc(N)nc(Cl)c21. The first-order valence-corrected chi connectivity index (χ1v) is 3.80. The highest BCUT2D eigenvalue weighted by Gasteiger charge is 2.22. The van der Waals surface area contributed by atoms with E-state index in [0.29, 0.717) is 11.0 Å². The number of rotatable bonds is 0. The van der Waals surface area contributed by atoms with Gasteiger partial charge in [-0.05, 0) is 6.92 Å². The van der Waals surface area contributed by atoms with Gasteiger partial charge in [0.25, 0.3) is 0 Å². The summed E-state index contributed by atoms with van der Waals surface area (Å²) in [6.45, 7) is 1.88. The van der Waals surface area contributed by atoms with Crippen LogP contribution in [0.4, 0.5) is 11.8 Å². The maximum absolute atomic E-state index is 5.82. The summed E-state index contributed by atoms with van der Waals surface area (Å²) in [5.74, 6) is 0.617. The molecule has 62 valence electrons. The third-order valence-electron chi connectivity index (χ3n) is 1.64. The third kappa shape index (κ3) is 0.937. The summed E-state index contributed by atoms with van der Waals surface area (Å²) in [7, 11) is 0. The van der Waals surface area contributed by atoms with Gasteiger partial charge in [0.15, 0.2) is 5.82 Å². The van der Waals surface area contributed by atoms with E-state index in [0.717, 1.165) is 5.56 Å². The molecule has 2 N–H and O–H groups in total. The van der Waals surface area contributed by atoms with E-state index in [9.17, 15) is 0 Å². The van der Waals surface area contributed by atoms with Crippen molar-refractivity contribution in [3.05, 3.63) is 10.7 Å². The summed E-state index contributed by atoms with van der Waals surface area (Å²) >= 11 is 5.82. The number of nitrogen functional groups attached to an aromatic ring is 1. The Morgan fingerprint density at radius 1 is 1.42 bits per heavy atom. The molecule has 2 heterocycles. The molecule has 1 aromatic heterocycles. The number of anilines is 1. The van der Waals surface area contributed by atoms with Crippen molar-refractivity contribution in [2.24, 2.45) is 10.2 Å². The largest absolute Gasteiger partial charge is 0.368 e. The van der Waals surface area contributed by atoms with E-state index in [2.05, 4.69) is 20.2 Å². The van der Waals surface area contributed by atoms with Gasteiger partial charge in [-0.15, -0.1) is 5.11 Å². The first kappa shape index (κ1) is 7.42. The first-order valence-electron chi connectivity index (χ1n) is 3.42. The molecule has 1 aliphatic rings. The lowest BCUT2D eigenvalue weighted by atomic mass is 10.2. The average Bonchev–Trinajstić information content (AvgIpc) is 2.31. The van der Waals surface area contributed by atoms with Gasteiger partial charge in [-0.25, -0.2) is 4.98 Å². The monoisotopic (exact) mass is 183 g/mol. The molecule has 6 heteroatoms. The molecular weight excluding hydrogens is 178 g/mol. The quantitative estimate of drug-likeness (QED) is 0.624. The molecule has 0 fully saturated rings. The number of halogens is 1. The fourth-order valence-corrected chi connectivity index (χ4v) is 1.41. The van der Waals surface area contributed by atoms with Gasteiger partial charge in [-0.3, -0.25) is 0 Å². The fraction of sp³-hybridized carbons (Fsp3) is 0.333. The van der Waals surface area contributed by atoms with Crippen molar-refractivity contribution in [2.45, 2.75) is 13.0 Å². The topological polar surface area (TPSA) is 76.5 Å². The van der Waals surface area contributed by atoms with E-state index < -0.39 is 0 Å². The Morgan fingerprint density at radius 2 is 2.17 bits per heavy atom. The molecule has 5 nitrogen and oxygen atoms in total. The number of azo groups is 1. The molecule has 1 aromatic rings. The maximum atomic E-state index is 5.82. The Labute approximate surface area is 73.7 Å². The minimum atomic E-state index is -0.0619. The van der Waals surface area contributed by atoms with Gasteiger partial charge in [-0.1, -0.05) is 11.6 Å². The van der Waals surface area contributed by atoms with Crippen LogP contribution in [0.3, 0.4) is 0 Å². The van der Waals surface area contributed by atoms with Gasteiger partial charge in [0.1, 0.15) is 11.2 Å². The molecule has 1 aliphatic heterocycles. The van der Waals surface area contributed by atoms with E-state index in [4.69, 9.17) is 17.3 Å². The number of hydrogen-bond acceptors (Lipinski definition) is 5. The Morgan fingerprint density at radius 3 is 2.92 bits per heavy atom. The van der Waals surface area contributed by atoms with Crippen molar-refractivity contribution in [3.63, 3.8) is 0 Å². The van der Waals surface area contributed by atoms with Crippen LogP contribution in [0.25, 0.3) is 0 Å². The summed E-state index contributed by atoms with van der Waals surface area (Å²) < 4.78 is 0. The van der Waals surface area contributed by atoms with E-state index in [1.54, 1.807) is 0 Å². The molecule has 0 spiro atoms. The van der Waals surface area contributed by atoms with Gasteiger partial charge >= 0.3 is 0 Å². The zero-order chi connectivity index (χ0) is 8.72. The van der Waals surface area contributed by atoms with Gasteiger partial charge in [-0.2, -0.15) is 10.1 Å². The van der Waals surface area contributed by atoms with Gasteiger partial charge < -0.3 is 5.73 Å². The highest BCUT2D eigenvalue weighted by Crippen LogP contribution is 2.37. The fourth-order valence-electron chi connectivity index (χ4n) is 1.08. The maximum Gasteiger partial charge on any atom is 0.223 e. The highest BCUT2D eigenvalue weighted by atomic mass is 35.5. The van der Waals surface area contributed by atoms with Crippen molar-refractivity contribution >= 4 is 23.4 Å². The van der Waals surface area contributed by atoms with Crippen molar-refractivity contribution in [3.8, 4) is 0 Å². The molecule has 12 heavy (non-hydrogen) atoms. The van der Waals surface area contributed by atoms with Crippen molar-refractivity contribution < 1.29 is 0 Å². The number of nitrogens with zero attached hydrogens (tertiary/aromatic N) is 4. The van der Waals surface area contributed by atoms with Crippen LogP contribution in [0.2, 0.25) is 5.15 Å².